The normalized spacial score (nSPS) is 19.7. The second-order valence-corrected chi connectivity index (χ2v) is 7.53. The van der Waals surface area contributed by atoms with Crippen molar-refractivity contribution in [3.63, 3.8) is 0 Å². The van der Waals surface area contributed by atoms with E-state index in [0.29, 0.717) is 29.0 Å². The Morgan fingerprint density at radius 3 is 2.65 bits per heavy atom. The summed E-state index contributed by atoms with van der Waals surface area (Å²) in [5, 5.41) is 0.328. The molecule has 1 fully saturated rings. The van der Waals surface area contributed by atoms with Crippen molar-refractivity contribution in [1.82, 2.24) is 4.31 Å². The standard InChI is InChI=1S/C11H14BrClN2O3S.ClH/c1-18-11-9(12)4-7(13)5-10(11)19(16,17)15-3-2-8(14)6-15;/h4-5,8H,2-3,6,14H2,1H3;1H/t8-;/m0./s1. The van der Waals surface area contributed by atoms with Crippen LogP contribution in [0.1, 0.15) is 6.42 Å². The van der Waals surface area contributed by atoms with Crippen molar-refractivity contribution in [3.8, 4) is 5.75 Å². The Morgan fingerprint density at radius 1 is 1.50 bits per heavy atom. The molecule has 2 N–H and O–H groups in total. The molecule has 0 bridgehead atoms. The Morgan fingerprint density at radius 2 is 2.15 bits per heavy atom. The van der Waals surface area contributed by atoms with Crippen LogP contribution in [0, 0.1) is 0 Å². The molecular formula is C11H15BrCl2N2O3S. The third-order valence-electron chi connectivity index (χ3n) is 2.98. The van der Waals surface area contributed by atoms with Crippen LogP contribution in [0.4, 0.5) is 0 Å². The quantitative estimate of drug-likeness (QED) is 0.836. The third-order valence-corrected chi connectivity index (χ3v) is 5.66. The van der Waals surface area contributed by atoms with Gasteiger partial charge in [0.1, 0.15) is 4.90 Å². The van der Waals surface area contributed by atoms with E-state index in [9.17, 15) is 8.42 Å². The number of nitrogens with two attached hydrogens (primary N) is 1. The SMILES string of the molecule is COc1c(Br)cc(Cl)cc1S(=O)(=O)N1CC[C@H](N)C1.Cl. The van der Waals surface area contributed by atoms with E-state index in [1.807, 2.05) is 0 Å². The highest BCUT2D eigenvalue weighted by Crippen LogP contribution is 2.37. The minimum Gasteiger partial charge on any atom is -0.494 e. The Balaban J connectivity index is 0.00000200. The maximum atomic E-state index is 12.6. The number of methoxy groups -OCH3 is 1. The smallest absolute Gasteiger partial charge is 0.246 e. The summed E-state index contributed by atoms with van der Waals surface area (Å²) in [4.78, 5) is 0.0588. The molecule has 114 valence electrons. The highest BCUT2D eigenvalue weighted by atomic mass is 79.9. The van der Waals surface area contributed by atoms with Gasteiger partial charge < -0.3 is 10.5 Å². The number of sulfonamides is 1. The third kappa shape index (κ3) is 3.40. The van der Waals surface area contributed by atoms with Crippen LogP contribution in [0.15, 0.2) is 21.5 Å². The molecule has 1 atom stereocenters. The van der Waals surface area contributed by atoms with Crippen molar-refractivity contribution in [3.05, 3.63) is 21.6 Å². The predicted molar refractivity (Wildman–Crippen MR) is 84.3 cm³/mol. The molecule has 9 heteroatoms. The Kier molecular flexibility index (Phi) is 6.13. The summed E-state index contributed by atoms with van der Waals surface area (Å²) in [6, 6.07) is 2.86. The Labute approximate surface area is 138 Å². The lowest BCUT2D eigenvalue weighted by Crippen LogP contribution is -2.32. The van der Waals surface area contributed by atoms with E-state index in [1.54, 1.807) is 6.07 Å². The molecule has 0 spiro atoms. The van der Waals surface area contributed by atoms with Gasteiger partial charge in [-0.25, -0.2) is 8.42 Å². The second-order valence-electron chi connectivity index (χ2n) is 4.33. The van der Waals surface area contributed by atoms with E-state index in [4.69, 9.17) is 22.1 Å². The van der Waals surface area contributed by atoms with Gasteiger partial charge in [0.2, 0.25) is 10.0 Å². The predicted octanol–water partition coefficient (Wildman–Crippen LogP) is 2.25. The number of hydrogen-bond acceptors (Lipinski definition) is 4. The number of rotatable bonds is 3. The molecule has 5 nitrogen and oxygen atoms in total. The van der Waals surface area contributed by atoms with Crippen LogP contribution in [0.5, 0.6) is 5.75 Å². The Bertz CT molecular complexity index is 598. The van der Waals surface area contributed by atoms with Gasteiger partial charge in [-0.3, -0.25) is 0 Å². The van der Waals surface area contributed by atoms with E-state index in [2.05, 4.69) is 15.9 Å². The molecule has 0 saturated carbocycles. The van der Waals surface area contributed by atoms with E-state index in [-0.39, 0.29) is 29.1 Å². The summed E-state index contributed by atoms with van der Waals surface area (Å²) in [7, 11) is -2.23. The van der Waals surface area contributed by atoms with E-state index < -0.39 is 10.0 Å². The highest BCUT2D eigenvalue weighted by Gasteiger charge is 2.33. The van der Waals surface area contributed by atoms with Crippen LogP contribution in [-0.4, -0.2) is 39.0 Å². The zero-order valence-electron chi connectivity index (χ0n) is 10.7. The molecule has 1 heterocycles. The molecule has 1 aromatic carbocycles. The van der Waals surface area contributed by atoms with Gasteiger partial charge in [-0.15, -0.1) is 12.4 Å². The van der Waals surface area contributed by atoms with Gasteiger partial charge in [0.05, 0.1) is 11.6 Å². The number of hydrogen-bond donors (Lipinski definition) is 1. The molecule has 0 amide bonds. The first kappa shape index (κ1) is 18.0. The summed E-state index contributed by atoms with van der Waals surface area (Å²) in [5.41, 5.74) is 5.76. The van der Waals surface area contributed by atoms with E-state index >= 15 is 0 Å². The van der Waals surface area contributed by atoms with Crippen LogP contribution >= 0.6 is 39.9 Å². The fourth-order valence-corrected chi connectivity index (χ4v) is 4.92. The van der Waals surface area contributed by atoms with Crippen molar-refractivity contribution in [2.75, 3.05) is 20.2 Å². The first-order valence-electron chi connectivity index (χ1n) is 5.65. The average molecular weight is 406 g/mol. The topological polar surface area (TPSA) is 72.6 Å². The number of nitrogens with zero attached hydrogens (tertiary/aromatic N) is 1. The van der Waals surface area contributed by atoms with Gasteiger partial charge in [-0.1, -0.05) is 11.6 Å². The minimum atomic E-state index is -3.65. The fraction of sp³-hybridized carbons (Fsp3) is 0.455. The minimum absolute atomic E-state index is 0. The van der Waals surface area contributed by atoms with Gasteiger partial charge >= 0.3 is 0 Å². The lowest BCUT2D eigenvalue weighted by molar-refractivity contribution is 0.395. The molecule has 1 aliphatic heterocycles. The summed E-state index contributed by atoms with van der Waals surface area (Å²) >= 11 is 9.18. The molecule has 1 saturated heterocycles. The number of halogens is 3. The van der Waals surface area contributed by atoms with E-state index in [1.165, 1.54) is 17.5 Å². The average Bonchev–Trinajstić information content (AvgIpc) is 2.75. The van der Waals surface area contributed by atoms with Crippen LogP contribution in [-0.2, 0) is 10.0 Å². The molecule has 0 radical (unpaired) electrons. The van der Waals surface area contributed by atoms with Gasteiger partial charge in [0, 0.05) is 24.2 Å². The second kappa shape index (κ2) is 6.81. The van der Waals surface area contributed by atoms with Crippen molar-refractivity contribution in [2.45, 2.75) is 17.4 Å². The van der Waals surface area contributed by atoms with Crippen molar-refractivity contribution >= 4 is 50.0 Å². The first-order valence-corrected chi connectivity index (χ1v) is 8.26. The maximum Gasteiger partial charge on any atom is 0.246 e. The molecule has 0 aliphatic carbocycles. The van der Waals surface area contributed by atoms with Crippen LogP contribution < -0.4 is 10.5 Å². The summed E-state index contributed by atoms with van der Waals surface area (Å²) in [5.74, 6) is 0.255. The van der Waals surface area contributed by atoms with Gasteiger partial charge in [0.15, 0.2) is 5.75 Å². The number of ether oxygens (including phenoxy) is 1. The zero-order chi connectivity index (χ0) is 14.2. The Hall–Kier alpha value is -0.0500. The van der Waals surface area contributed by atoms with E-state index in [0.717, 1.165) is 0 Å². The largest absolute Gasteiger partial charge is 0.494 e. The lowest BCUT2D eigenvalue weighted by Gasteiger charge is -2.18. The number of benzene rings is 1. The molecule has 1 aromatic rings. The summed E-state index contributed by atoms with van der Waals surface area (Å²) in [6.45, 7) is 0.729. The van der Waals surface area contributed by atoms with Gasteiger partial charge in [0.25, 0.3) is 0 Å². The van der Waals surface area contributed by atoms with Gasteiger partial charge in [-0.2, -0.15) is 4.31 Å². The zero-order valence-corrected chi connectivity index (χ0v) is 14.7. The monoisotopic (exact) mass is 404 g/mol. The molecule has 1 aliphatic rings. The summed E-state index contributed by atoms with van der Waals surface area (Å²) in [6.07, 6.45) is 0.656. The molecule has 20 heavy (non-hydrogen) atoms. The van der Waals surface area contributed by atoms with Crippen molar-refractivity contribution in [1.29, 1.82) is 0 Å². The molecule has 2 rings (SSSR count). The molecule has 0 aromatic heterocycles. The first-order chi connectivity index (χ1) is 8.86. The fourth-order valence-electron chi connectivity index (χ4n) is 2.04. The van der Waals surface area contributed by atoms with Crippen LogP contribution in [0.25, 0.3) is 0 Å². The van der Waals surface area contributed by atoms with Crippen LogP contribution in [0.3, 0.4) is 0 Å². The highest BCUT2D eigenvalue weighted by molar-refractivity contribution is 9.10. The van der Waals surface area contributed by atoms with Crippen molar-refractivity contribution < 1.29 is 13.2 Å². The molecule has 0 unspecified atom stereocenters. The van der Waals surface area contributed by atoms with Crippen LogP contribution in [0.2, 0.25) is 5.02 Å². The van der Waals surface area contributed by atoms with Crippen molar-refractivity contribution in [2.24, 2.45) is 5.73 Å². The lowest BCUT2D eigenvalue weighted by atomic mass is 10.3. The summed E-state index contributed by atoms with van der Waals surface area (Å²) < 4.78 is 32.2. The van der Waals surface area contributed by atoms with Gasteiger partial charge in [-0.05, 0) is 34.5 Å². The maximum absolute atomic E-state index is 12.6. The molecular weight excluding hydrogens is 391 g/mol.